The van der Waals surface area contributed by atoms with Crippen LogP contribution in [0.25, 0.3) is 0 Å². The molecule has 1 aliphatic rings. The lowest BCUT2D eigenvalue weighted by Crippen LogP contribution is -2.45. The molecule has 2 nitrogen and oxygen atoms in total. The molecule has 0 bridgehead atoms. The van der Waals surface area contributed by atoms with Crippen LogP contribution in [0.2, 0.25) is 15.1 Å². The largest absolute Gasteiger partial charge is 0.363 e. The smallest absolute Gasteiger partial charge is 0.0654 e. The van der Waals surface area contributed by atoms with Gasteiger partial charge in [-0.2, -0.15) is 0 Å². The standard InChI is InChI=1S/C23H23Cl3N2S/c24-17-5-3-16(4-6-17)23-15-19(27-11-9-20-2-1-13-29-20)10-12-28(23)22-8-7-18(25)14-21(22)26/h1-8,13-14,19,23,27H,9-12,15H2. The highest BCUT2D eigenvalue weighted by molar-refractivity contribution is 7.09. The van der Waals surface area contributed by atoms with Crippen molar-refractivity contribution in [1.29, 1.82) is 0 Å². The lowest BCUT2D eigenvalue weighted by molar-refractivity contribution is 0.362. The Kier molecular flexibility index (Phi) is 7.04. The summed E-state index contributed by atoms with van der Waals surface area (Å²) in [5, 5.41) is 8.02. The quantitative estimate of drug-likeness (QED) is 0.412. The Bertz CT molecular complexity index is 928. The molecular weight excluding hydrogens is 443 g/mol. The van der Waals surface area contributed by atoms with Gasteiger partial charge in [-0.3, -0.25) is 0 Å². The van der Waals surface area contributed by atoms with Crippen LogP contribution in [0.3, 0.4) is 0 Å². The van der Waals surface area contributed by atoms with Crippen molar-refractivity contribution in [2.75, 3.05) is 18.0 Å². The first-order chi connectivity index (χ1) is 14.1. The summed E-state index contributed by atoms with van der Waals surface area (Å²) in [6, 6.07) is 19.0. The van der Waals surface area contributed by atoms with E-state index < -0.39 is 0 Å². The Morgan fingerprint density at radius 2 is 1.79 bits per heavy atom. The third-order valence-corrected chi connectivity index (χ3v) is 7.19. The highest BCUT2D eigenvalue weighted by Gasteiger charge is 2.30. The predicted octanol–water partition coefficient (Wildman–Crippen LogP) is 7.25. The Morgan fingerprint density at radius 3 is 2.52 bits per heavy atom. The number of halogens is 3. The van der Waals surface area contributed by atoms with E-state index >= 15 is 0 Å². The number of nitrogens with zero attached hydrogens (tertiary/aromatic N) is 1. The minimum atomic E-state index is 0.235. The molecule has 0 saturated carbocycles. The van der Waals surface area contributed by atoms with Crippen LogP contribution in [0.1, 0.15) is 29.3 Å². The molecule has 0 radical (unpaired) electrons. The van der Waals surface area contributed by atoms with E-state index in [4.69, 9.17) is 34.8 Å². The van der Waals surface area contributed by atoms with Crippen molar-refractivity contribution < 1.29 is 0 Å². The second kappa shape index (κ2) is 9.72. The first kappa shape index (κ1) is 21.0. The van der Waals surface area contributed by atoms with Gasteiger partial charge < -0.3 is 10.2 Å². The molecule has 152 valence electrons. The van der Waals surface area contributed by atoms with Gasteiger partial charge in [0.15, 0.2) is 0 Å². The maximum absolute atomic E-state index is 6.56. The van der Waals surface area contributed by atoms with Gasteiger partial charge in [0.05, 0.1) is 16.8 Å². The summed E-state index contributed by atoms with van der Waals surface area (Å²) in [5.74, 6) is 0. The lowest BCUT2D eigenvalue weighted by atomic mass is 9.91. The molecule has 29 heavy (non-hydrogen) atoms. The fourth-order valence-electron chi connectivity index (χ4n) is 4.01. The highest BCUT2D eigenvalue weighted by Crippen LogP contribution is 2.39. The molecule has 6 heteroatoms. The number of nitrogens with one attached hydrogen (secondary N) is 1. The van der Waals surface area contributed by atoms with Gasteiger partial charge in [0.2, 0.25) is 0 Å². The number of benzene rings is 2. The van der Waals surface area contributed by atoms with Crippen LogP contribution in [0.15, 0.2) is 60.0 Å². The first-order valence-electron chi connectivity index (χ1n) is 9.83. The summed E-state index contributed by atoms with van der Waals surface area (Å²) < 4.78 is 0. The van der Waals surface area contributed by atoms with Crippen LogP contribution in [-0.4, -0.2) is 19.1 Å². The second-order valence-corrected chi connectivity index (χ2v) is 9.67. The molecule has 4 rings (SSSR count). The number of anilines is 1. The Hall–Kier alpha value is -1.23. The van der Waals surface area contributed by atoms with Crippen molar-refractivity contribution in [3.8, 4) is 0 Å². The SMILES string of the molecule is Clc1ccc(C2CC(NCCc3cccs3)CCN2c2ccc(Cl)cc2Cl)cc1. The van der Waals surface area contributed by atoms with Gasteiger partial charge in [0.25, 0.3) is 0 Å². The van der Waals surface area contributed by atoms with Crippen molar-refractivity contribution in [2.24, 2.45) is 0 Å². The van der Waals surface area contributed by atoms with Crippen molar-refractivity contribution >= 4 is 51.8 Å². The van der Waals surface area contributed by atoms with E-state index in [0.29, 0.717) is 16.1 Å². The molecule has 3 aromatic rings. The summed E-state index contributed by atoms with van der Waals surface area (Å²) in [4.78, 5) is 3.83. The number of thiophene rings is 1. The summed E-state index contributed by atoms with van der Waals surface area (Å²) >= 11 is 20.6. The topological polar surface area (TPSA) is 15.3 Å². The molecule has 1 N–H and O–H groups in total. The molecule has 1 saturated heterocycles. The fourth-order valence-corrected chi connectivity index (χ4v) is 5.36. The van der Waals surface area contributed by atoms with Crippen LogP contribution >= 0.6 is 46.1 Å². The zero-order valence-electron chi connectivity index (χ0n) is 16.0. The summed E-state index contributed by atoms with van der Waals surface area (Å²) in [5.41, 5.74) is 2.29. The molecule has 2 aromatic carbocycles. The maximum atomic E-state index is 6.56. The molecule has 2 unspecified atom stereocenters. The van der Waals surface area contributed by atoms with Gasteiger partial charge in [-0.25, -0.2) is 0 Å². The fraction of sp³-hybridized carbons (Fsp3) is 0.304. The normalized spacial score (nSPS) is 19.5. The second-order valence-electron chi connectivity index (χ2n) is 7.36. The maximum Gasteiger partial charge on any atom is 0.0654 e. The molecule has 2 heterocycles. The highest BCUT2D eigenvalue weighted by atomic mass is 35.5. The molecule has 0 spiro atoms. The van der Waals surface area contributed by atoms with E-state index in [2.05, 4.69) is 39.9 Å². The zero-order chi connectivity index (χ0) is 20.2. The van der Waals surface area contributed by atoms with Crippen molar-refractivity contribution in [3.63, 3.8) is 0 Å². The predicted molar refractivity (Wildman–Crippen MR) is 127 cm³/mol. The van der Waals surface area contributed by atoms with E-state index in [1.807, 2.05) is 41.7 Å². The average Bonchev–Trinajstić information content (AvgIpc) is 3.22. The molecule has 1 aliphatic heterocycles. The Labute approximate surface area is 191 Å². The van der Waals surface area contributed by atoms with Crippen molar-refractivity contribution in [2.45, 2.75) is 31.3 Å². The van der Waals surface area contributed by atoms with Crippen LogP contribution < -0.4 is 10.2 Å². The molecular formula is C23H23Cl3N2S. The molecule has 1 fully saturated rings. The number of rotatable bonds is 6. The van der Waals surface area contributed by atoms with Crippen LogP contribution in [0.5, 0.6) is 0 Å². The lowest BCUT2D eigenvalue weighted by Gasteiger charge is -2.42. The summed E-state index contributed by atoms with van der Waals surface area (Å²) in [6.07, 6.45) is 3.17. The number of piperidine rings is 1. The van der Waals surface area contributed by atoms with E-state index in [-0.39, 0.29) is 6.04 Å². The minimum absolute atomic E-state index is 0.235. The summed E-state index contributed by atoms with van der Waals surface area (Å²) in [6.45, 7) is 1.94. The average molecular weight is 466 g/mol. The number of hydrogen-bond acceptors (Lipinski definition) is 3. The molecule has 0 aliphatic carbocycles. The van der Waals surface area contributed by atoms with Gasteiger partial charge in [-0.1, -0.05) is 53.0 Å². The minimum Gasteiger partial charge on any atom is -0.363 e. The first-order valence-corrected chi connectivity index (χ1v) is 11.8. The monoisotopic (exact) mass is 464 g/mol. The van der Waals surface area contributed by atoms with Gasteiger partial charge in [-0.15, -0.1) is 11.3 Å². The van der Waals surface area contributed by atoms with Gasteiger partial charge >= 0.3 is 0 Å². The zero-order valence-corrected chi connectivity index (χ0v) is 19.0. The third-order valence-electron chi connectivity index (χ3n) is 5.46. The van der Waals surface area contributed by atoms with E-state index in [9.17, 15) is 0 Å². The Morgan fingerprint density at radius 1 is 1.00 bits per heavy atom. The molecule has 1 aromatic heterocycles. The van der Waals surface area contributed by atoms with Crippen molar-refractivity contribution in [1.82, 2.24) is 5.32 Å². The van der Waals surface area contributed by atoms with Crippen LogP contribution in [-0.2, 0) is 6.42 Å². The number of hydrogen-bond donors (Lipinski definition) is 1. The van der Waals surface area contributed by atoms with Gasteiger partial charge in [0, 0.05) is 34.1 Å². The Balaban J connectivity index is 1.51. The van der Waals surface area contributed by atoms with E-state index in [0.717, 1.165) is 43.1 Å². The molecule has 0 amide bonds. The van der Waals surface area contributed by atoms with Gasteiger partial charge in [-0.05, 0) is 66.6 Å². The van der Waals surface area contributed by atoms with E-state index in [1.165, 1.54) is 10.4 Å². The third kappa shape index (κ3) is 5.28. The van der Waals surface area contributed by atoms with Crippen LogP contribution in [0.4, 0.5) is 5.69 Å². The summed E-state index contributed by atoms with van der Waals surface area (Å²) in [7, 11) is 0. The van der Waals surface area contributed by atoms with Gasteiger partial charge in [0.1, 0.15) is 0 Å². The molecule has 2 atom stereocenters. The van der Waals surface area contributed by atoms with Crippen LogP contribution in [0, 0.1) is 0 Å². The van der Waals surface area contributed by atoms with E-state index in [1.54, 1.807) is 0 Å². The van der Waals surface area contributed by atoms with Crippen molar-refractivity contribution in [3.05, 3.63) is 85.5 Å².